The maximum Gasteiger partial charge on any atom is 0.303 e. The molecule has 8 heteroatoms. The van der Waals surface area contributed by atoms with Crippen LogP contribution in [0, 0.1) is 0 Å². The average molecular weight is 529 g/mol. The van der Waals surface area contributed by atoms with Crippen molar-refractivity contribution >= 4 is 11.8 Å². The fourth-order valence-corrected chi connectivity index (χ4v) is 4.92. The second kappa shape index (κ2) is 13.0. The molecule has 2 atom stereocenters. The lowest BCUT2D eigenvalue weighted by molar-refractivity contribution is -0.138. The predicted molar refractivity (Wildman–Crippen MR) is 144 cm³/mol. The van der Waals surface area contributed by atoms with E-state index in [1.165, 1.54) is 6.92 Å². The summed E-state index contributed by atoms with van der Waals surface area (Å²) in [6.45, 7) is 8.08. The predicted octanol–water partition coefficient (Wildman–Crippen LogP) is 5.79. The number of carbonyl (C=O) groups excluding carboxylic acids is 1. The molecule has 0 radical (unpaired) electrons. The first kappa shape index (κ1) is 29.3. The van der Waals surface area contributed by atoms with E-state index >= 15 is 0 Å². The smallest absolute Gasteiger partial charge is 0.303 e. The van der Waals surface area contributed by atoms with E-state index in [9.17, 15) is 19.8 Å². The largest absolute Gasteiger partial charge is 0.507 e. The topological polar surface area (TPSA) is 123 Å². The Morgan fingerprint density at radius 2 is 1.63 bits per heavy atom. The highest BCUT2D eigenvalue weighted by atomic mass is 16.5. The second-order valence-corrected chi connectivity index (χ2v) is 10.2. The molecule has 3 N–H and O–H groups in total. The fraction of sp³-hybridized carbons (Fsp3) is 0.533. The summed E-state index contributed by atoms with van der Waals surface area (Å²) in [5.74, 6) is 0.746. The number of hydrogen-bond acceptors (Lipinski definition) is 7. The lowest BCUT2D eigenvalue weighted by Crippen LogP contribution is -2.39. The standard InChI is InChI=1S/C30H40O8/c1-5-8-22-25(12-10-20(19(3)31)28(22)35)36-16-7-17-37-26-13-11-21-24(32)18-30(4,15-14-27(33)34)38-29(21)23(26)9-6-2/h10-13,24,32,35H,5-9,14-18H2,1-4H3,(H,33,34). The minimum atomic E-state index is -0.894. The van der Waals surface area contributed by atoms with Gasteiger partial charge in [-0.05, 0) is 57.4 Å². The van der Waals surface area contributed by atoms with E-state index in [1.54, 1.807) is 12.1 Å². The zero-order valence-electron chi connectivity index (χ0n) is 22.8. The number of phenolic OH excluding ortho intramolecular Hbond substituents is 1. The van der Waals surface area contributed by atoms with Crippen molar-refractivity contribution < 1.29 is 39.1 Å². The van der Waals surface area contributed by atoms with Crippen LogP contribution in [0.3, 0.4) is 0 Å². The molecule has 3 rings (SSSR count). The van der Waals surface area contributed by atoms with Crippen LogP contribution in [0.15, 0.2) is 24.3 Å². The van der Waals surface area contributed by atoms with Crippen molar-refractivity contribution in [3.63, 3.8) is 0 Å². The molecule has 0 saturated carbocycles. The maximum atomic E-state index is 11.8. The Labute approximate surface area is 224 Å². The summed E-state index contributed by atoms with van der Waals surface area (Å²) in [4.78, 5) is 22.9. The van der Waals surface area contributed by atoms with Crippen LogP contribution in [0.4, 0.5) is 0 Å². The van der Waals surface area contributed by atoms with E-state index < -0.39 is 17.7 Å². The first-order valence-corrected chi connectivity index (χ1v) is 13.5. The molecule has 0 saturated heterocycles. The number of carboxylic acids is 1. The Kier molecular flexibility index (Phi) is 10.0. The summed E-state index contributed by atoms with van der Waals surface area (Å²) < 4.78 is 18.4. The third-order valence-electron chi connectivity index (χ3n) is 6.87. The van der Waals surface area contributed by atoms with Crippen molar-refractivity contribution in [3.05, 3.63) is 46.5 Å². The van der Waals surface area contributed by atoms with Gasteiger partial charge in [0.1, 0.15) is 28.6 Å². The molecule has 2 aromatic carbocycles. The highest BCUT2D eigenvalue weighted by Gasteiger charge is 2.38. The number of fused-ring (bicyclic) bond motifs is 1. The number of benzene rings is 2. The molecule has 0 spiro atoms. The molecule has 0 bridgehead atoms. The van der Waals surface area contributed by atoms with Gasteiger partial charge in [0.05, 0.1) is 24.9 Å². The molecule has 2 aromatic rings. The summed E-state index contributed by atoms with van der Waals surface area (Å²) >= 11 is 0. The summed E-state index contributed by atoms with van der Waals surface area (Å²) in [5.41, 5.74) is 1.74. The van der Waals surface area contributed by atoms with Crippen LogP contribution >= 0.6 is 0 Å². The molecule has 1 aliphatic rings. The number of ether oxygens (including phenoxy) is 3. The van der Waals surface area contributed by atoms with Crippen LogP contribution in [0.2, 0.25) is 0 Å². The Morgan fingerprint density at radius 1 is 1.03 bits per heavy atom. The van der Waals surface area contributed by atoms with Crippen molar-refractivity contribution in [2.24, 2.45) is 0 Å². The van der Waals surface area contributed by atoms with Crippen molar-refractivity contribution in [1.82, 2.24) is 0 Å². The number of rotatable bonds is 14. The summed E-state index contributed by atoms with van der Waals surface area (Å²) in [6, 6.07) is 6.99. The molecular weight excluding hydrogens is 488 g/mol. The number of carbonyl (C=O) groups is 2. The number of aromatic hydroxyl groups is 1. The summed E-state index contributed by atoms with van der Waals surface area (Å²) in [5, 5.41) is 30.5. The molecule has 0 aromatic heterocycles. The van der Waals surface area contributed by atoms with E-state index in [0.29, 0.717) is 79.3 Å². The fourth-order valence-electron chi connectivity index (χ4n) is 4.92. The van der Waals surface area contributed by atoms with Gasteiger partial charge in [0.15, 0.2) is 5.78 Å². The molecule has 0 amide bonds. The van der Waals surface area contributed by atoms with Crippen molar-refractivity contribution in [2.45, 2.75) is 90.8 Å². The van der Waals surface area contributed by atoms with Gasteiger partial charge in [-0.1, -0.05) is 26.7 Å². The lowest BCUT2D eigenvalue weighted by atomic mass is 9.85. The zero-order chi connectivity index (χ0) is 27.9. The molecule has 208 valence electrons. The van der Waals surface area contributed by atoms with Crippen LogP contribution in [0.1, 0.15) is 99.4 Å². The van der Waals surface area contributed by atoms with Crippen LogP contribution in [0.5, 0.6) is 23.0 Å². The monoisotopic (exact) mass is 528 g/mol. The van der Waals surface area contributed by atoms with E-state index in [2.05, 4.69) is 6.92 Å². The number of hydrogen-bond donors (Lipinski definition) is 3. The number of aliphatic hydroxyl groups excluding tert-OH is 1. The van der Waals surface area contributed by atoms with Gasteiger partial charge in [0.2, 0.25) is 0 Å². The SMILES string of the molecule is CCCc1c(OCCCOc2ccc3c(c2CCC)OC(C)(CCC(=O)O)CC3O)ccc(C(C)=O)c1O. The van der Waals surface area contributed by atoms with Crippen molar-refractivity contribution in [1.29, 1.82) is 0 Å². The van der Waals surface area contributed by atoms with Gasteiger partial charge < -0.3 is 29.5 Å². The minimum absolute atomic E-state index is 0.0103. The van der Waals surface area contributed by atoms with E-state index in [0.717, 1.165) is 18.4 Å². The number of phenols is 1. The summed E-state index contributed by atoms with van der Waals surface area (Å²) in [6.07, 6.45) is 3.40. The molecule has 1 heterocycles. The van der Waals surface area contributed by atoms with Crippen LogP contribution < -0.4 is 14.2 Å². The molecule has 38 heavy (non-hydrogen) atoms. The van der Waals surface area contributed by atoms with Gasteiger partial charge in [0, 0.05) is 36.0 Å². The van der Waals surface area contributed by atoms with Gasteiger partial charge in [0.25, 0.3) is 0 Å². The maximum absolute atomic E-state index is 11.8. The first-order chi connectivity index (χ1) is 18.1. The molecule has 8 nitrogen and oxygen atoms in total. The third-order valence-corrected chi connectivity index (χ3v) is 6.87. The number of carboxylic acid groups (broad SMARTS) is 1. The number of aliphatic carboxylic acids is 1. The highest BCUT2D eigenvalue weighted by Crippen LogP contribution is 2.46. The Balaban J connectivity index is 1.68. The van der Waals surface area contributed by atoms with Crippen molar-refractivity contribution in [3.8, 4) is 23.0 Å². The van der Waals surface area contributed by atoms with Gasteiger partial charge in [-0.15, -0.1) is 0 Å². The molecule has 2 unspecified atom stereocenters. The highest BCUT2D eigenvalue weighted by molar-refractivity contribution is 5.97. The van der Waals surface area contributed by atoms with E-state index in [4.69, 9.17) is 19.3 Å². The number of aliphatic hydroxyl groups is 1. The van der Waals surface area contributed by atoms with E-state index in [-0.39, 0.29) is 18.0 Å². The molecular formula is C30H40O8. The lowest BCUT2D eigenvalue weighted by Gasteiger charge is -2.39. The van der Waals surface area contributed by atoms with Crippen LogP contribution in [-0.4, -0.2) is 45.9 Å². The molecule has 0 fully saturated rings. The molecule has 0 aliphatic carbocycles. The average Bonchev–Trinajstić information content (AvgIpc) is 2.85. The van der Waals surface area contributed by atoms with Gasteiger partial charge in [-0.3, -0.25) is 9.59 Å². The van der Waals surface area contributed by atoms with Crippen molar-refractivity contribution in [2.75, 3.05) is 13.2 Å². The third kappa shape index (κ3) is 6.98. The Hall–Kier alpha value is -3.26. The second-order valence-electron chi connectivity index (χ2n) is 10.2. The minimum Gasteiger partial charge on any atom is -0.507 e. The Morgan fingerprint density at radius 3 is 2.24 bits per heavy atom. The van der Waals surface area contributed by atoms with Crippen LogP contribution in [-0.2, 0) is 17.6 Å². The molecule has 1 aliphatic heterocycles. The number of ketones is 1. The zero-order valence-corrected chi connectivity index (χ0v) is 22.8. The first-order valence-electron chi connectivity index (χ1n) is 13.5. The van der Waals surface area contributed by atoms with Crippen LogP contribution in [0.25, 0.3) is 0 Å². The van der Waals surface area contributed by atoms with Gasteiger partial charge in [-0.2, -0.15) is 0 Å². The normalized spacial score (nSPS) is 18.4. The van der Waals surface area contributed by atoms with E-state index in [1.807, 2.05) is 26.0 Å². The Bertz CT molecular complexity index is 1140. The van der Waals surface area contributed by atoms with Gasteiger partial charge >= 0.3 is 5.97 Å². The van der Waals surface area contributed by atoms with Gasteiger partial charge in [-0.25, -0.2) is 0 Å². The number of Topliss-reactive ketones (excluding diaryl/α,β-unsaturated/α-hetero) is 1. The quantitative estimate of drug-likeness (QED) is 0.208. The summed E-state index contributed by atoms with van der Waals surface area (Å²) in [7, 11) is 0.